The first-order chi connectivity index (χ1) is 9.43. The average Bonchev–Trinajstić information content (AvgIpc) is 2.42. The standard InChI is InChI=1S/C14H19ClN2O3/c1-9(2)7-17-14(19)11-5-4-10(6-12(11)15)16-8-13(18)20-3/h4-6,9,16H,7-8H2,1-3H3,(H,17,19). The van der Waals surface area contributed by atoms with E-state index in [0.717, 1.165) is 0 Å². The zero-order valence-electron chi connectivity index (χ0n) is 11.8. The molecule has 1 amide bonds. The number of methoxy groups -OCH3 is 1. The molecule has 2 N–H and O–H groups in total. The molecule has 0 aliphatic carbocycles. The zero-order chi connectivity index (χ0) is 15.1. The lowest BCUT2D eigenvalue weighted by Gasteiger charge is -2.10. The number of esters is 1. The van der Waals surface area contributed by atoms with E-state index in [9.17, 15) is 9.59 Å². The summed E-state index contributed by atoms with van der Waals surface area (Å²) in [6.07, 6.45) is 0. The fourth-order valence-corrected chi connectivity index (χ4v) is 1.71. The van der Waals surface area contributed by atoms with Crippen molar-refractivity contribution in [3.8, 4) is 0 Å². The average molecular weight is 299 g/mol. The first-order valence-corrected chi connectivity index (χ1v) is 6.70. The van der Waals surface area contributed by atoms with E-state index in [0.29, 0.717) is 28.7 Å². The Kier molecular flexibility index (Phi) is 6.31. The zero-order valence-corrected chi connectivity index (χ0v) is 12.6. The summed E-state index contributed by atoms with van der Waals surface area (Å²) in [5, 5.41) is 6.00. The SMILES string of the molecule is COC(=O)CNc1ccc(C(=O)NCC(C)C)c(Cl)c1. The predicted octanol–water partition coefficient (Wildman–Crippen LogP) is 2.31. The van der Waals surface area contributed by atoms with Crippen LogP contribution in [0.15, 0.2) is 18.2 Å². The molecule has 0 unspecified atom stereocenters. The van der Waals surface area contributed by atoms with Crippen LogP contribution in [0.2, 0.25) is 5.02 Å². The Morgan fingerprint density at radius 3 is 2.60 bits per heavy atom. The number of rotatable bonds is 6. The summed E-state index contributed by atoms with van der Waals surface area (Å²) in [6, 6.07) is 4.92. The van der Waals surface area contributed by atoms with Crippen molar-refractivity contribution in [2.75, 3.05) is 25.5 Å². The molecule has 0 heterocycles. The maximum Gasteiger partial charge on any atom is 0.325 e. The predicted molar refractivity (Wildman–Crippen MR) is 79.1 cm³/mol. The van der Waals surface area contributed by atoms with Crippen molar-refractivity contribution < 1.29 is 14.3 Å². The van der Waals surface area contributed by atoms with E-state index in [1.165, 1.54) is 7.11 Å². The van der Waals surface area contributed by atoms with Crippen LogP contribution in [0.5, 0.6) is 0 Å². The van der Waals surface area contributed by atoms with Gasteiger partial charge in [0.05, 0.1) is 17.7 Å². The van der Waals surface area contributed by atoms with Crippen LogP contribution in [0.1, 0.15) is 24.2 Å². The molecule has 0 aliphatic rings. The number of amides is 1. The topological polar surface area (TPSA) is 67.4 Å². The molecule has 0 spiro atoms. The van der Waals surface area contributed by atoms with Gasteiger partial charge in [0.25, 0.3) is 5.91 Å². The summed E-state index contributed by atoms with van der Waals surface area (Å²) in [5.74, 6) is -0.207. The second kappa shape index (κ2) is 7.75. The molecule has 0 atom stereocenters. The summed E-state index contributed by atoms with van der Waals surface area (Å²) in [7, 11) is 1.32. The van der Waals surface area contributed by atoms with Crippen molar-refractivity contribution >= 4 is 29.2 Å². The Morgan fingerprint density at radius 1 is 1.35 bits per heavy atom. The van der Waals surface area contributed by atoms with Gasteiger partial charge in [-0.3, -0.25) is 9.59 Å². The molecule has 0 saturated heterocycles. The molecule has 0 radical (unpaired) electrons. The lowest BCUT2D eigenvalue weighted by molar-refractivity contribution is -0.138. The highest BCUT2D eigenvalue weighted by Gasteiger charge is 2.11. The third-order valence-electron chi connectivity index (χ3n) is 2.55. The monoisotopic (exact) mass is 298 g/mol. The van der Waals surface area contributed by atoms with Crippen molar-refractivity contribution in [1.82, 2.24) is 5.32 Å². The molecule has 0 aromatic heterocycles. The van der Waals surface area contributed by atoms with Crippen LogP contribution in [-0.4, -0.2) is 32.1 Å². The molecule has 0 fully saturated rings. The van der Waals surface area contributed by atoms with Gasteiger partial charge in [-0.2, -0.15) is 0 Å². The van der Waals surface area contributed by atoms with Crippen LogP contribution in [0.3, 0.4) is 0 Å². The summed E-state index contributed by atoms with van der Waals surface area (Å²) >= 11 is 6.07. The lowest BCUT2D eigenvalue weighted by Crippen LogP contribution is -2.27. The van der Waals surface area contributed by atoms with Gasteiger partial charge in [0.1, 0.15) is 6.54 Å². The second-order valence-electron chi connectivity index (χ2n) is 4.73. The maximum absolute atomic E-state index is 11.9. The van der Waals surface area contributed by atoms with Crippen molar-refractivity contribution in [3.63, 3.8) is 0 Å². The van der Waals surface area contributed by atoms with E-state index < -0.39 is 0 Å². The van der Waals surface area contributed by atoms with Crippen LogP contribution >= 0.6 is 11.6 Å². The summed E-state index contributed by atoms with van der Waals surface area (Å²) in [5.41, 5.74) is 1.07. The van der Waals surface area contributed by atoms with Gasteiger partial charge in [0, 0.05) is 12.2 Å². The van der Waals surface area contributed by atoms with E-state index in [4.69, 9.17) is 11.6 Å². The molecule has 5 nitrogen and oxygen atoms in total. The maximum atomic E-state index is 11.9. The number of anilines is 1. The van der Waals surface area contributed by atoms with Crippen molar-refractivity contribution in [2.45, 2.75) is 13.8 Å². The normalized spacial score (nSPS) is 10.2. The minimum absolute atomic E-state index is 0.0473. The molecule has 1 rings (SSSR count). The van der Waals surface area contributed by atoms with Gasteiger partial charge in [0.15, 0.2) is 0 Å². The van der Waals surface area contributed by atoms with Gasteiger partial charge in [-0.1, -0.05) is 25.4 Å². The van der Waals surface area contributed by atoms with Gasteiger partial charge < -0.3 is 15.4 Å². The van der Waals surface area contributed by atoms with E-state index in [-0.39, 0.29) is 18.4 Å². The third kappa shape index (κ3) is 5.09. The number of nitrogens with one attached hydrogen (secondary N) is 2. The van der Waals surface area contributed by atoms with Crippen LogP contribution in [0.25, 0.3) is 0 Å². The summed E-state index contributed by atoms with van der Waals surface area (Å²) in [4.78, 5) is 22.9. The van der Waals surface area contributed by atoms with Gasteiger partial charge in [0.2, 0.25) is 0 Å². The Balaban J connectivity index is 2.67. The minimum atomic E-state index is -0.375. The molecule has 20 heavy (non-hydrogen) atoms. The van der Waals surface area contributed by atoms with E-state index in [1.807, 2.05) is 13.8 Å². The third-order valence-corrected chi connectivity index (χ3v) is 2.86. The second-order valence-corrected chi connectivity index (χ2v) is 5.14. The fraction of sp³-hybridized carbons (Fsp3) is 0.429. The molecule has 0 saturated carbocycles. The number of benzene rings is 1. The molecule has 0 bridgehead atoms. The van der Waals surface area contributed by atoms with Crippen LogP contribution < -0.4 is 10.6 Å². The molecular weight excluding hydrogens is 280 g/mol. The molecule has 110 valence electrons. The van der Waals surface area contributed by atoms with Crippen LogP contribution in [0, 0.1) is 5.92 Å². The van der Waals surface area contributed by atoms with Gasteiger partial charge in [-0.15, -0.1) is 0 Å². The number of halogens is 1. The number of carbonyl (C=O) groups is 2. The highest BCUT2D eigenvalue weighted by atomic mass is 35.5. The summed E-state index contributed by atoms with van der Waals surface area (Å²) in [6.45, 7) is 4.67. The Morgan fingerprint density at radius 2 is 2.05 bits per heavy atom. The Hall–Kier alpha value is -1.75. The lowest BCUT2D eigenvalue weighted by atomic mass is 10.1. The first kappa shape index (κ1) is 16.3. The highest BCUT2D eigenvalue weighted by molar-refractivity contribution is 6.34. The van der Waals surface area contributed by atoms with Crippen molar-refractivity contribution in [1.29, 1.82) is 0 Å². The van der Waals surface area contributed by atoms with Gasteiger partial charge in [-0.25, -0.2) is 0 Å². The number of ether oxygens (including phenoxy) is 1. The molecular formula is C14H19ClN2O3. The molecule has 6 heteroatoms. The van der Waals surface area contributed by atoms with Crippen molar-refractivity contribution in [2.24, 2.45) is 5.92 Å². The number of hydrogen-bond donors (Lipinski definition) is 2. The van der Waals surface area contributed by atoms with E-state index >= 15 is 0 Å². The Bertz CT molecular complexity index is 489. The number of hydrogen-bond acceptors (Lipinski definition) is 4. The molecule has 1 aromatic carbocycles. The summed E-state index contributed by atoms with van der Waals surface area (Å²) < 4.78 is 4.52. The molecule has 1 aromatic rings. The van der Waals surface area contributed by atoms with Gasteiger partial charge >= 0.3 is 5.97 Å². The van der Waals surface area contributed by atoms with E-state index in [2.05, 4.69) is 15.4 Å². The quantitative estimate of drug-likeness (QED) is 0.791. The Labute approximate surface area is 123 Å². The van der Waals surface area contributed by atoms with E-state index in [1.54, 1.807) is 18.2 Å². The minimum Gasteiger partial charge on any atom is -0.468 e. The van der Waals surface area contributed by atoms with Crippen LogP contribution in [0.4, 0.5) is 5.69 Å². The smallest absolute Gasteiger partial charge is 0.325 e. The largest absolute Gasteiger partial charge is 0.468 e. The molecule has 0 aliphatic heterocycles. The van der Waals surface area contributed by atoms with Crippen LogP contribution in [-0.2, 0) is 9.53 Å². The van der Waals surface area contributed by atoms with Crippen molar-refractivity contribution in [3.05, 3.63) is 28.8 Å². The van der Waals surface area contributed by atoms with Gasteiger partial charge in [-0.05, 0) is 24.1 Å². The highest BCUT2D eigenvalue weighted by Crippen LogP contribution is 2.21. The first-order valence-electron chi connectivity index (χ1n) is 6.32. The number of carbonyl (C=O) groups excluding carboxylic acids is 2. The fourth-order valence-electron chi connectivity index (χ4n) is 1.45.